The molecule has 5 nitrogen and oxygen atoms in total. The summed E-state index contributed by atoms with van der Waals surface area (Å²) in [4.78, 5) is 12.7. The van der Waals surface area contributed by atoms with E-state index in [9.17, 15) is 17.6 Å². The molecule has 1 amide bonds. The average molecular weight is 441 g/mol. The van der Waals surface area contributed by atoms with E-state index in [1.807, 2.05) is 13.8 Å². The van der Waals surface area contributed by atoms with E-state index in [1.54, 1.807) is 48.5 Å². The predicted molar refractivity (Wildman–Crippen MR) is 120 cm³/mol. The van der Waals surface area contributed by atoms with Gasteiger partial charge in [0, 0.05) is 6.54 Å². The Hall–Kier alpha value is -3.19. The third kappa shape index (κ3) is 5.92. The summed E-state index contributed by atoms with van der Waals surface area (Å²) in [6.45, 7) is 3.76. The second-order valence-electron chi connectivity index (χ2n) is 7.39. The van der Waals surface area contributed by atoms with Crippen LogP contribution in [0.5, 0.6) is 0 Å². The second kappa shape index (κ2) is 9.75. The highest BCUT2D eigenvalue weighted by molar-refractivity contribution is 7.92. The minimum absolute atomic E-state index is 0.123. The van der Waals surface area contributed by atoms with Gasteiger partial charge < -0.3 is 5.32 Å². The lowest BCUT2D eigenvalue weighted by Crippen LogP contribution is -2.41. The molecule has 0 fully saturated rings. The van der Waals surface area contributed by atoms with Gasteiger partial charge in [-0.05, 0) is 62.2 Å². The van der Waals surface area contributed by atoms with Crippen LogP contribution in [0.25, 0.3) is 0 Å². The van der Waals surface area contributed by atoms with Gasteiger partial charge in [0.25, 0.3) is 10.0 Å². The molecule has 0 aliphatic heterocycles. The van der Waals surface area contributed by atoms with E-state index in [1.165, 1.54) is 24.3 Å². The van der Waals surface area contributed by atoms with Gasteiger partial charge >= 0.3 is 0 Å². The van der Waals surface area contributed by atoms with Gasteiger partial charge in [0.2, 0.25) is 5.91 Å². The number of rotatable bonds is 8. The highest BCUT2D eigenvalue weighted by Crippen LogP contribution is 2.24. The van der Waals surface area contributed by atoms with Crippen molar-refractivity contribution in [2.24, 2.45) is 0 Å². The summed E-state index contributed by atoms with van der Waals surface area (Å²) in [6.07, 6.45) is 0.515. The summed E-state index contributed by atoms with van der Waals surface area (Å²) in [6, 6.07) is 19.6. The van der Waals surface area contributed by atoms with Crippen molar-refractivity contribution in [2.75, 3.05) is 17.4 Å². The van der Waals surface area contributed by atoms with Crippen LogP contribution in [-0.2, 0) is 21.2 Å². The van der Waals surface area contributed by atoms with Gasteiger partial charge in [-0.3, -0.25) is 9.10 Å². The molecule has 0 heterocycles. The van der Waals surface area contributed by atoms with Crippen LogP contribution >= 0.6 is 0 Å². The highest BCUT2D eigenvalue weighted by atomic mass is 32.2. The number of hydrogen-bond donors (Lipinski definition) is 1. The molecule has 0 atom stereocenters. The molecule has 31 heavy (non-hydrogen) atoms. The SMILES string of the molecule is Cc1ccc(N(CC(=O)NCCc2ccc(F)cc2)S(=O)(=O)c2ccc(C)cc2)cc1. The molecule has 1 N–H and O–H groups in total. The Morgan fingerprint density at radius 2 is 1.42 bits per heavy atom. The van der Waals surface area contributed by atoms with E-state index in [-0.39, 0.29) is 17.3 Å². The molecule has 3 aromatic carbocycles. The first-order chi connectivity index (χ1) is 14.8. The average Bonchev–Trinajstić information content (AvgIpc) is 2.74. The molecular formula is C24H25FN2O3S. The van der Waals surface area contributed by atoms with E-state index < -0.39 is 15.9 Å². The molecule has 0 radical (unpaired) electrons. The number of sulfonamides is 1. The minimum Gasteiger partial charge on any atom is -0.354 e. The fourth-order valence-electron chi connectivity index (χ4n) is 3.05. The van der Waals surface area contributed by atoms with Crippen LogP contribution < -0.4 is 9.62 Å². The van der Waals surface area contributed by atoms with E-state index in [4.69, 9.17) is 0 Å². The molecular weight excluding hydrogens is 415 g/mol. The molecule has 0 saturated carbocycles. The van der Waals surface area contributed by atoms with Crippen molar-refractivity contribution >= 4 is 21.6 Å². The van der Waals surface area contributed by atoms with Crippen LogP contribution in [0.15, 0.2) is 77.7 Å². The summed E-state index contributed by atoms with van der Waals surface area (Å²) in [5.74, 6) is -0.735. The van der Waals surface area contributed by atoms with Gasteiger partial charge in [0.05, 0.1) is 10.6 Å². The van der Waals surface area contributed by atoms with Gasteiger partial charge in [-0.25, -0.2) is 12.8 Å². The Morgan fingerprint density at radius 3 is 2.00 bits per heavy atom. The van der Waals surface area contributed by atoms with Crippen molar-refractivity contribution in [1.29, 1.82) is 0 Å². The van der Waals surface area contributed by atoms with Gasteiger partial charge in [-0.15, -0.1) is 0 Å². The Labute approximate surface area is 182 Å². The smallest absolute Gasteiger partial charge is 0.264 e. The number of nitrogens with zero attached hydrogens (tertiary/aromatic N) is 1. The van der Waals surface area contributed by atoms with Crippen LogP contribution in [0.1, 0.15) is 16.7 Å². The summed E-state index contributed by atoms with van der Waals surface area (Å²) < 4.78 is 40.7. The van der Waals surface area contributed by atoms with Crippen molar-refractivity contribution in [2.45, 2.75) is 25.2 Å². The Morgan fingerprint density at radius 1 is 0.871 bits per heavy atom. The molecule has 0 saturated heterocycles. The summed E-state index contributed by atoms with van der Waals surface area (Å²) in [7, 11) is -3.93. The quantitative estimate of drug-likeness (QED) is 0.576. The maximum Gasteiger partial charge on any atom is 0.264 e. The molecule has 0 aliphatic carbocycles. The standard InChI is InChI=1S/C24H25FN2O3S/c1-18-3-11-22(12-4-18)27(31(29,30)23-13-5-19(2)6-14-23)17-24(28)26-16-15-20-7-9-21(25)10-8-20/h3-14H,15-17H2,1-2H3,(H,26,28). The van der Waals surface area contributed by atoms with E-state index >= 15 is 0 Å². The summed E-state index contributed by atoms with van der Waals surface area (Å²) >= 11 is 0. The largest absolute Gasteiger partial charge is 0.354 e. The second-order valence-corrected chi connectivity index (χ2v) is 9.25. The first-order valence-electron chi connectivity index (χ1n) is 9.93. The van der Waals surface area contributed by atoms with E-state index in [2.05, 4.69) is 5.32 Å². The van der Waals surface area contributed by atoms with Crippen molar-refractivity contribution in [1.82, 2.24) is 5.32 Å². The molecule has 0 spiro atoms. The van der Waals surface area contributed by atoms with E-state index in [0.717, 1.165) is 21.0 Å². The monoisotopic (exact) mass is 440 g/mol. The lowest BCUT2D eigenvalue weighted by molar-refractivity contribution is -0.119. The first-order valence-corrected chi connectivity index (χ1v) is 11.4. The predicted octanol–water partition coefficient (Wildman–Crippen LogP) is 4.00. The normalized spacial score (nSPS) is 11.2. The number of nitrogens with one attached hydrogen (secondary N) is 1. The fourth-order valence-corrected chi connectivity index (χ4v) is 4.47. The summed E-state index contributed by atoms with van der Waals surface area (Å²) in [5, 5.41) is 2.75. The number of hydrogen-bond acceptors (Lipinski definition) is 3. The number of benzene rings is 3. The zero-order valence-electron chi connectivity index (χ0n) is 17.5. The third-order valence-corrected chi connectivity index (χ3v) is 6.66. The van der Waals surface area contributed by atoms with Crippen LogP contribution in [0, 0.1) is 19.7 Å². The highest BCUT2D eigenvalue weighted by Gasteiger charge is 2.27. The maximum absolute atomic E-state index is 13.3. The first kappa shape index (κ1) is 22.5. The lowest BCUT2D eigenvalue weighted by atomic mass is 10.1. The molecule has 0 unspecified atom stereocenters. The molecule has 0 aromatic heterocycles. The van der Waals surface area contributed by atoms with Crippen molar-refractivity contribution in [3.8, 4) is 0 Å². The van der Waals surface area contributed by atoms with Crippen LogP contribution in [0.3, 0.4) is 0 Å². The molecule has 162 valence electrons. The van der Waals surface area contributed by atoms with Crippen molar-refractivity contribution < 1.29 is 17.6 Å². The molecule has 0 bridgehead atoms. The molecule has 7 heteroatoms. The number of aryl methyl sites for hydroxylation is 2. The topological polar surface area (TPSA) is 66.5 Å². The van der Waals surface area contributed by atoms with Gasteiger partial charge in [0.1, 0.15) is 12.4 Å². The Bertz CT molecular complexity index is 1130. The number of amides is 1. The van der Waals surface area contributed by atoms with Crippen molar-refractivity contribution in [3.05, 3.63) is 95.3 Å². The van der Waals surface area contributed by atoms with Gasteiger partial charge in [-0.1, -0.05) is 47.5 Å². The third-order valence-electron chi connectivity index (χ3n) is 4.87. The van der Waals surface area contributed by atoms with Crippen LogP contribution in [-0.4, -0.2) is 27.4 Å². The lowest BCUT2D eigenvalue weighted by Gasteiger charge is -2.24. The number of halogens is 1. The van der Waals surface area contributed by atoms with Gasteiger partial charge in [0.15, 0.2) is 0 Å². The molecule has 3 aromatic rings. The maximum atomic E-state index is 13.3. The van der Waals surface area contributed by atoms with Gasteiger partial charge in [-0.2, -0.15) is 0 Å². The number of carbonyl (C=O) groups excluding carboxylic acids is 1. The zero-order chi connectivity index (χ0) is 22.4. The zero-order valence-corrected chi connectivity index (χ0v) is 18.3. The Kier molecular flexibility index (Phi) is 7.07. The molecule has 3 rings (SSSR count). The minimum atomic E-state index is -3.93. The Balaban J connectivity index is 1.76. The van der Waals surface area contributed by atoms with Crippen LogP contribution in [0.4, 0.5) is 10.1 Å². The fraction of sp³-hybridized carbons (Fsp3) is 0.208. The van der Waals surface area contributed by atoms with E-state index in [0.29, 0.717) is 18.7 Å². The number of carbonyl (C=O) groups is 1. The summed E-state index contributed by atoms with van der Waals surface area (Å²) in [5.41, 5.74) is 3.23. The van der Waals surface area contributed by atoms with Crippen LogP contribution in [0.2, 0.25) is 0 Å². The molecule has 0 aliphatic rings. The van der Waals surface area contributed by atoms with Crippen molar-refractivity contribution in [3.63, 3.8) is 0 Å². The number of anilines is 1.